The number of carbonyl (C=O) groups excluding carboxylic acids is 1. The van der Waals surface area contributed by atoms with Crippen molar-refractivity contribution in [3.8, 4) is 0 Å². The monoisotopic (exact) mass is 342 g/mol. The molecule has 1 aromatic heterocycles. The van der Waals surface area contributed by atoms with Crippen LogP contribution in [0.5, 0.6) is 0 Å². The SMILES string of the molecule is C[C@H](Cc1cccs1)NC(=O)c1ccc(CN2CCCCC2)cc1. The van der Waals surface area contributed by atoms with Crippen molar-refractivity contribution in [2.45, 2.75) is 45.2 Å². The van der Waals surface area contributed by atoms with Gasteiger partial charge in [0.2, 0.25) is 0 Å². The summed E-state index contributed by atoms with van der Waals surface area (Å²) in [6.45, 7) is 5.45. The highest BCUT2D eigenvalue weighted by Gasteiger charge is 2.13. The number of rotatable bonds is 6. The Balaban J connectivity index is 1.51. The van der Waals surface area contributed by atoms with Crippen LogP contribution in [-0.2, 0) is 13.0 Å². The molecule has 1 atom stereocenters. The van der Waals surface area contributed by atoms with Crippen LogP contribution in [0.2, 0.25) is 0 Å². The minimum absolute atomic E-state index is 0.0172. The first-order valence-corrected chi connectivity index (χ1v) is 9.73. The quantitative estimate of drug-likeness (QED) is 0.857. The predicted molar refractivity (Wildman–Crippen MR) is 101 cm³/mol. The highest BCUT2D eigenvalue weighted by molar-refractivity contribution is 7.09. The van der Waals surface area contributed by atoms with Crippen molar-refractivity contribution >= 4 is 17.2 Å². The van der Waals surface area contributed by atoms with E-state index in [1.807, 2.05) is 12.1 Å². The van der Waals surface area contributed by atoms with Gasteiger partial charge in [-0.2, -0.15) is 0 Å². The predicted octanol–water partition coefficient (Wildman–Crippen LogP) is 4.10. The summed E-state index contributed by atoms with van der Waals surface area (Å²) >= 11 is 1.74. The lowest BCUT2D eigenvalue weighted by Gasteiger charge is -2.26. The summed E-state index contributed by atoms with van der Waals surface area (Å²) in [4.78, 5) is 16.2. The maximum atomic E-state index is 12.4. The molecule has 1 amide bonds. The number of piperidine rings is 1. The molecule has 0 radical (unpaired) electrons. The van der Waals surface area contributed by atoms with Gasteiger partial charge in [-0.05, 0) is 62.0 Å². The maximum absolute atomic E-state index is 12.4. The molecule has 3 rings (SSSR count). The van der Waals surface area contributed by atoms with E-state index in [1.54, 1.807) is 11.3 Å². The molecule has 1 aromatic carbocycles. The number of hydrogen-bond acceptors (Lipinski definition) is 3. The van der Waals surface area contributed by atoms with Crippen LogP contribution >= 0.6 is 11.3 Å². The average Bonchev–Trinajstić information content (AvgIpc) is 3.09. The number of benzene rings is 1. The molecule has 1 aliphatic rings. The van der Waals surface area contributed by atoms with Crippen molar-refractivity contribution in [2.75, 3.05) is 13.1 Å². The summed E-state index contributed by atoms with van der Waals surface area (Å²) in [5, 5.41) is 5.17. The fourth-order valence-corrected chi connectivity index (χ4v) is 4.06. The van der Waals surface area contributed by atoms with Gasteiger partial charge in [0.25, 0.3) is 5.91 Å². The number of hydrogen-bond donors (Lipinski definition) is 1. The first-order chi connectivity index (χ1) is 11.7. The number of nitrogens with zero attached hydrogens (tertiary/aromatic N) is 1. The minimum atomic E-state index is 0.0172. The van der Waals surface area contributed by atoms with Gasteiger partial charge >= 0.3 is 0 Å². The fourth-order valence-electron chi connectivity index (χ4n) is 3.23. The summed E-state index contributed by atoms with van der Waals surface area (Å²) < 4.78 is 0. The molecule has 1 saturated heterocycles. The minimum Gasteiger partial charge on any atom is -0.349 e. The second-order valence-electron chi connectivity index (χ2n) is 6.69. The topological polar surface area (TPSA) is 32.3 Å². The van der Waals surface area contributed by atoms with Gasteiger partial charge in [0.15, 0.2) is 0 Å². The smallest absolute Gasteiger partial charge is 0.251 e. The van der Waals surface area contributed by atoms with Gasteiger partial charge in [0, 0.05) is 29.4 Å². The lowest BCUT2D eigenvalue weighted by atomic mass is 10.1. The number of amides is 1. The molecule has 4 heteroatoms. The molecule has 128 valence electrons. The van der Waals surface area contributed by atoms with E-state index in [2.05, 4.69) is 46.8 Å². The van der Waals surface area contributed by atoms with Gasteiger partial charge in [0.1, 0.15) is 0 Å². The number of carbonyl (C=O) groups is 1. The normalized spacial score (nSPS) is 16.7. The molecule has 0 saturated carbocycles. The summed E-state index contributed by atoms with van der Waals surface area (Å²) in [6, 6.07) is 12.4. The van der Waals surface area contributed by atoms with Crippen LogP contribution in [0.25, 0.3) is 0 Å². The Kier molecular flexibility index (Phi) is 6.05. The van der Waals surface area contributed by atoms with Crippen molar-refractivity contribution in [2.24, 2.45) is 0 Å². The Morgan fingerprint density at radius 2 is 1.92 bits per heavy atom. The van der Waals surface area contributed by atoms with Crippen LogP contribution in [0.1, 0.15) is 47.0 Å². The molecule has 0 spiro atoms. The maximum Gasteiger partial charge on any atom is 0.251 e. The third-order valence-corrected chi connectivity index (χ3v) is 5.43. The van der Waals surface area contributed by atoms with E-state index in [1.165, 1.54) is 42.8 Å². The van der Waals surface area contributed by atoms with Crippen LogP contribution in [0, 0.1) is 0 Å². The van der Waals surface area contributed by atoms with E-state index in [-0.39, 0.29) is 11.9 Å². The van der Waals surface area contributed by atoms with Crippen LogP contribution in [0.3, 0.4) is 0 Å². The Hall–Kier alpha value is -1.65. The number of thiophene rings is 1. The van der Waals surface area contributed by atoms with Crippen molar-refractivity contribution < 1.29 is 4.79 Å². The van der Waals surface area contributed by atoms with Crippen LogP contribution < -0.4 is 5.32 Å². The molecule has 2 aromatic rings. The Morgan fingerprint density at radius 1 is 1.17 bits per heavy atom. The van der Waals surface area contributed by atoms with Crippen molar-refractivity contribution in [1.29, 1.82) is 0 Å². The molecule has 1 fully saturated rings. The molecular weight excluding hydrogens is 316 g/mol. The van der Waals surface area contributed by atoms with Crippen molar-refractivity contribution in [3.05, 3.63) is 57.8 Å². The zero-order valence-corrected chi connectivity index (χ0v) is 15.1. The first kappa shape index (κ1) is 17.2. The Labute approximate surface area is 148 Å². The highest BCUT2D eigenvalue weighted by Crippen LogP contribution is 2.14. The van der Waals surface area contributed by atoms with Crippen molar-refractivity contribution in [1.82, 2.24) is 10.2 Å². The molecular formula is C20H26N2OS. The van der Waals surface area contributed by atoms with Crippen LogP contribution in [0.15, 0.2) is 41.8 Å². The Bertz CT molecular complexity index is 630. The van der Waals surface area contributed by atoms with E-state index >= 15 is 0 Å². The Morgan fingerprint density at radius 3 is 2.58 bits per heavy atom. The lowest BCUT2D eigenvalue weighted by molar-refractivity contribution is 0.0940. The van der Waals surface area contributed by atoms with Crippen LogP contribution in [-0.4, -0.2) is 29.9 Å². The third-order valence-electron chi connectivity index (χ3n) is 4.54. The molecule has 2 heterocycles. The highest BCUT2D eigenvalue weighted by atomic mass is 32.1. The van der Waals surface area contributed by atoms with Gasteiger partial charge in [-0.15, -0.1) is 11.3 Å². The molecule has 0 bridgehead atoms. The molecule has 1 aliphatic heterocycles. The zero-order valence-electron chi connectivity index (χ0n) is 14.3. The van der Waals surface area contributed by atoms with Gasteiger partial charge in [-0.1, -0.05) is 24.6 Å². The third kappa shape index (κ3) is 4.92. The molecule has 0 aliphatic carbocycles. The van der Waals surface area contributed by atoms with Crippen LogP contribution in [0.4, 0.5) is 0 Å². The average molecular weight is 343 g/mol. The van der Waals surface area contributed by atoms with Gasteiger partial charge in [0.05, 0.1) is 0 Å². The largest absolute Gasteiger partial charge is 0.349 e. The van der Waals surface area contributed by atoms with E-state index in [0.29, 0.717) is 0 Å². The summed E-state index contributed by atoms with van der Waals surface area (Å²) in [6.07, 6.45) is 4.86. The molecule has 3 nitrogen and oxygen atoms in total. The summed E-state index contributed by atoms with van der Waals surface area (Å²) in [5.74, 6) is 0.0172. The lowest BCUT2D eigenvalue weighted by Crippen LogP contribution is -2.33. The fraction of sp³-hybridized carbons (Fsp3) is 0.450. The summed E-state index contributed by atoms with van der Waals surface area (Å²) in [5.41, 5.74) is 2.04. The van der Waals surface area contributed by atoms with Crippen molar-refractivity contribution in [3.63, 3.8) is 0 Å². The first-order valence-electron chi connectivity index (χ1n) is 8.85. The number of likely N-dealkylation sites (tertiary alicyclic amines) is 1. The van der Waals surface area contributed by atoms with Gasteiger partial charge in [-0.3, -0.25) is 9.69 Å². The van der Waals surface area contributed by atoms with E-state index in [0.717, 1.165) is 18.5 Å². The standard InChI is InChI=1S/C20H26N2OS/c1-16(14-19-6-5-13-24-19)21-20(23)18-9-7-17(8-10-18)15-22-11-3-2-4-12-22/h5-10,13,16H,2-4,11-12,14-15H2,1H3,(H,21,23)/t16-/m1/s1. The second kappa shape index (κ2) is 8.45. The molecule has 0 unspecified atom stereocenters. The summed E-state index contributed by atoms with van der Waals surface area (Å²) in [7, 11) is 0. The van der Waals surface area contributed by atoms with E-state index < -0.39 is 0 Å². The van der Waals surface area contributed by atoms with E-state index in [4.69, 9.17) is 0 Å². The van der Waals surface area contributed by atoms with Gasteiger partial charge in [-0.25, -0.2) is 0 Å². The number of nitrogens with one attached hydrogen (secondary N) is 1. The molecule has 1 N–H and O–H groups in total. The molecule has 24 heavy (non-hydrogen) atoms. The zero-order chi connectivity index (χ0) is 16.8. The second-order valence-corrected chi connectivity index (χ2v) is 7.72. The van der Waals surface area contributed by atoms with Gasteiger partial charge < -0.3 is 5.32 Å². The van der Waals surface area contributed by atoms with E-state index in [9.17, 15) is 4.79 Å².